The minimum Gasteiger partial charge on any atom is -0.462 e. The highest BCUT2D eigenvalue weighted by Gasteiger charge is 2.37. The van der Waals surface area contributed by atoms with E-state index in [2.05, 4.69) is 28.3 Å². The Morgan fingerprint density at radius 3 is 2.82 bits per heavy atom. The van der Waals surface area contributed by atoms with Crippen LogP contribution in [0.4, 0.5) is 0 Å². The molecule has 8 nitrogen and oxygen atoms in total. The molecular formula is C25H32N4O4. The molecule has 2 aliphatic rings. The second-order valence-electron chi connectivity index (χ2n) is 8.90. The smallest absolute Gasteiger partial charge is 0.330 e. The van der Waals surface area contributed by atoms with Gasteiger partial charge in [-0.05, 0) is 43.4 Å². The van der Waals surface area contributed by atoms with Crippen LogP contribution in [0.5, 0.6) is 0 Å². The van der Waals surface area contributed by atoms with Crippen molar-refractivity contribution in [2.75, 3.05) is 20.2 Å². The number of ether oxygens (including phenoxy) is 1. The summed E-state index contributed by atoms with van der Waals surface area (Å²) in [6.45, 7) is 4.91. The third-order valence-corrected chi connectivity index (χ3v) is 6.83. The number of H-pyrrole nitrogens is 1. The van der Waals surface area contributed by atoms with Crippen LogP contribution in [0.15, 0.2) is 36.9 Å². The van der Waals surface area contributed by atoms with E-state index in [-0.39, 0.29) is 23.8 Å². The maximum Gasteiger partial charge on any atom is 0.330 e. The molecule has 4 rings (SSSR count). The molecule has 0 spiro atoms. The summed E-state index contributed by atoms with van der Waals surface area (Å²) in [7, 11) is 1.62. The summed E-state index contributed by atoms with van der Waals surface area (Å²) in [4.78, 5) is 42.3. The molecule has 3 heterocycles. The molecular weight excluding hydrogens is 420 g/mol. The minimum atomic E-state index is -0.502. The number of aromatic amines is 1. The number of esters is 1. The quantitative estimate of drug-likeness (QED) is 0.441. The van der Waals surface area contributed by atoms with Gasteiger partial charge in [0.2, 0.25) is 11.8 Å². The molecule has 1 saturated heterocycles. The maximum absolute atomic E-state index is 13.3. The number of likely N-dealkylation sites (N-methyl/N-ethyl adjacent to an activating group) is 1. The van der Waals surface area contributed by atoms with Crippen LogP contribution in [-0.4, -0.2) is 60.0 Å². The highest BCUT2D eigenvalue weighted by molar-refractivity contribution is 5.91. The summed E-state index contributed by atoms with van der Waals surface area (Å²) in [6, 6.07) is 7.84. The molecule has 1 aromatic heterocycles. The number of fused-ring (bicyclic) bond motifs is 3. The van der Waals surface area contributed by atoms with Crippen molar-refractivity contribution in [1.29, 1.82) is 0 Å². The third-order valence-electron chi connectivity index (χ3n) is 6.83. The summed E-state index contributed by atoms with van der Waals surface area (Å²) in [5.74, 6) is -0.299. The van der Waals surface area contributed by atoms with E-state index in [1.165, 1.54) is 6.08 Å². The Labute approximate surface area is 193 Å². The van der Waals surface area contributed by atoms with Gasteiger partial charge in [0.1, 0.15) is 6.04 Å². The molecule has 1 unspecified atom stereocenters. The van der Waals surface area contributed by atoms with E-state index in [0.717, 1.165) is 48.0 Å². The average Bonchev–Trinajstić information content (AvgIpc) is 3.21. The second-order valence-corrected chi connectivity index (χ2v) is 8.90. The molecule has 33 heavy (non-hydrogen) atoms. The number of nitrogens with one attached hydrogen (secondary N) is 3. The molecule has 3 N–H and O–H groups in total. The topological polar surface area (TPSA) is 104 Å². The summed E-state index contributed by atoms with van der Waals surface area (Å²) in [5.41, 5.74) is 3.18. The third kappa shape index (κ3) is 5.11. The van der Waals surface area contributed by atoms with Crippen LogP contribution in [-0.2, 0) is 32.1 Å². The zero-order valence-corrected chi connectivity index (χ0v) is 19.1. The summed E-state index contributed by atoms with van der Waals surface area (Å²) in [5, 5.41) is 7.33. The van der Waals surface area contributed by atoms with E-state index in [1.54, 1.807) is 11.9 Å². The predicted molar refractivity (Wildman–Crippen MR) is 125 cm³/mol. The fourth-order valence-corrected chi connectivity index (χ4v) is 4.99. The van der Waals surface area contributed by atoms with Gasteiger partial charge in [-0.15, -0.1) is 0 Å². The SMILES string of the molecule is C=CC(=O)OCCC1CC[C@H](CC(=O)N2Cc3[nH]c4ccccc4c3C[C@@H]2C(=O)NC)CN1. The highest BCUT2D eigenvalue weighted by atomic mass is 16.5. The number of carbonyl (C=O) groups excluding carboxylic acids is 3. The van der Waals surface area contributed by atoms with Gasteiger partial charge in [0.25, 0.3) is 0 Å². The van der Waals surface area contributed by atoms with E-state index in [4.69, 9.17) is 4.74 Å². The lowest BCUT2D eigenvalue weighted by molar-refractivity contribution is -0.142. The second kappa shape index (κ2) is 10.2. The normalized spacial score (nSPS) is 22.5. The van der Waals surface area contributed by atoms with Gasteiger partial charge >= 0.3 is 5.97 Å². The van der Waals surface area contributed by atoms with Crippen molar-refractivity contribution in [2.24, 2.45) is 5.92 Å². The molecule has 0 aliphatic carbocycles. The number of rotatable bonds is 7. The Balaban J connectivity index is 1.37. The van der Waals surface area contributed by atoms with Crippen molar-refractivity contribution in [1.82, 2.24) is 20.5 Å². The van der Waals surface area contributed by atoms with Crippen LogP contribution in [0.1, 0.15) is 36.9 Å². The van der Waals surface area contributed by atoms with Crippen LogP contribution >= 0.6 is 0 Å². The van der Waals surface area contributed by atoms with Gasteiger partial charge in [-0.1, -0.05) is 24.8 Å². The number of amides is 2. The van der Waals surface area contributed by atoms with Gasteiger partial charge in [-0.2, -0.15) is 0 Å². The zero-order chi connectivity index (χ0) is 23.4. The number of benzene rings is 1. The standard InChI is InChI=1S/C25H32N4O4/c1-3-24(31)33-11-10-17-9-8-16(14-27-17)12-23(30)29-15-21-19(13-22(29)25(32)26-2)18-6-4-5-7-20(18)28-21/h3-7,16-17,22,27-28H,1,8-15H2,2H3,(H,26,32)/t16-,17?,22-/m1/s1. The fraction of sp³-hybridized carbons (Fsp3) is 0.480. The van der Waals surface area contributed by atoms with Gasteiger partial charge in [0.15, 0.2) is 0 Å². The predicted octanol–water partition coefficient (Wildman–Crippen LogP) is 2.04. The molecule has 0 radical (unpaired) electrons. The van der Waals surface area contributed by atoms with Gasteiger partial charge < -0.3 is 25.3 Å². The maximum atomic E-state index is 13.3. The summed E-state index contributed by atoms with van der Waals surface area (Å²) in [6.07, 6.45) is 4.69. The van der Waals surface area contributed by atoms with Crippen molar-refractivity contribution >= 4 is 28.7 Å². The highest BCUT2D eigenvalue weighted by Crippen LogP contribution is 2.31. The largest absolute Gasteiger partial charge is 0.462 e. The van der Waals surface area contributed by atoms with Gasteiger partial charge in [0.05, 0.1) is 13.2 Å². The Kier molecular flexibility index (Phi) is 7.13. The van der Waals surface area contributed by atoms with Crippen molar-refractivity contribution in [3.05, 3.63) is 48.2 Å². The van der Waals surface area contributed by atoms with Crippen LogP contribution in [0.25, 0.3) is 10.9 Å². The number of carbonyl (C=O) groups is 3. The summed E-state index contributed by atoms with van der Waals surface area (Å²) < 4.78 is 5.06. The van der Waals surface area contributed by atoms with Crippen molar-refractivity contribution in [2.45, 2.75) is 50.7 Å². The molecule has 3 atom stereocenters. The van der Waals surface area contributed by atoms with Crippen molar-refractivity contribution in [3.63, 3.8) is 0 Å². The minimum absolute atomic E-state index is 0.0121. The Morgan fingerprint density at radius 1 is 1.27 bits per heavy atom. The lowest BCUT2D eigenvalue weighted by atomic mass is 9.89. The Hall–Kier alpha value is -3.13. The molecule has 176 valence electrons. The molecule has 2 amide bonds. The molecule has 2 aromatic rings. The van der Waals surface area contributed by atoms with Gasteiger partial charge in [-0.25, -0.2) is 4.79 Å². The average molecular weight is 453 g/mol. The molecule has 1 fully saturated rings. The van der Waals surface area contributed by atoms with Crippen LogP contribution in [0, 0.1) is 5.92 Å². The van der Waals surface area contributed by atoms with Crippen LogP contribution < -0.4 is 10.6 Å². The first kappa shape index (κ1) is 23.0. The lowest BCUT2D eigenvalue weighted by Crippen LogP contribution is -2.52. The van der Waals surface area contributed by atoms with E-state index >= 15 is 0 Å². The summed E-state index contributed by atoms with van der Waals surface area (Å²) >= 11 is 0. The Bertz CT molecular complexity index is 1040. The lowest BCUT2D eigenvalue weighted by Gasteiger charge is -2.36. The number of para-hydroxylation sites is 1. The van der Waals surface area contributed by atoms with Crippen LogP contribution in [0.2, 0.25) is 0 Å². The van der Waals surface area contributed by atoms with E-state index in [0.29, 0.717) is 26.0 Å². The molecule has 0 bridgehead atoms. The van der Waals surface area contributed by atoms with E-state index in [1.807, 2.05) is 18.2 Å². The number of nitrogens with zero attached hydrogens (tertiary/aromatic N) is 1. The zero-order valence-electron chi connectivity index (χ0n) is 19.1. The molecule has 2 aliphatic heterocycles. The van der Waals surface area contributed by atoms with E-state index < -0.39 is 12.0 Å². The fourth-order valence-electron chi connectivity index (χ4n) is 4.99. The molecule has 0 saturated carbocycles. The first-order valence-corrected chi connectivity index (χ1v) is 11.6. The van der Waals surface area contributed by atoms with Crippen molar-refractivity contribution in [3.8, 4) is 0 Å². The van der Waals surface area contributed by atoms with Crippen LogP contribution in [0.3, 0.4) is 0 Å². The number of hydrogen-bond acceptors (Lipinski definition) is 5. The number of hydrogen-bond donors (Lipinski definition) is 3. The number of aromatic nitrogens is 1. The van der Waals surface area contributed by atoms with E-state index in [9.17, 15) is 14.4 Å². The first-order valence-electron chi connectivity index (χ1n) is 11.6. The first-order chi connectivity index (χ1) is 16.0. The van der Waals surface area contributed by atoms with Gasteiger partial charge in [0, 0.05) is 48.6 Å². The number of piperidine rings is 1. The molecule has 1 aromatic carbocycles. The molecule has 8 heteroatoms. The monoisotopic (exact) mass is 452 g/mol. The Morgan fingerprint density at radius 2 is 2.09 bits per heavy atom. The van der Waals surface area contributed by atoms with Gasteiger partial charge in [-0.3, -0.25) is 9.59 Å². The van der Waals surface area contributed by atoms with Crippen molar-refractivity contribution < 1.29 is 19.1 Å².